The summed E-state index contributed by atoms with van der Waals surface area (Å²) < 4.78 is 56.6. The molecular formula is C47H69Cl2N9O6S2. The molecule has 0 atom stereocenters. The first-order chi connectivity index (χ1) is 29.1. The third-order valence-electron chi connectivity index (χ3n) is 10.5. The Kier molecular flexibility index (Phi) is 22.8. The van der Waals surface area contributed by atoms with Gasteiger partial charge in [0, 0.05) is 55.8 Å². The summed E-state index contributed by atoms with van der Waals surface area (Å²) in [5.74, 6) is 0. The fourth-order valence-corrected chi connectivity index (χ4v) is 8.53. The summed E-state index contributed by atoms with van der Waals surface area (Å²) >= 11 is 0. The number of hydrogen-bond acceptors (Lipinski definition) is 12. The number of fused-ring (bicyclic) bond motifs is 2. The Bertz CT molecular complexity index is 2710. The van der Waals surface area contributed by atoms with Crippen LogP contribution in [0.1, 0.15) is 94.9 Å². The van der Waals surface area contributed by atoms with Gasteiger partial charge in [-0.3, -0.25) is 0 Å². The molecule has 2 aliphatic rings. The molecule has 0 saturated heterocycles. The second-order valence-corrected chi connectivity index (χ2v) is 20.2. The van der Waals surface area contributed by atoms with Crippen LogP contribution in [0, 0.1) is 27.7 Å². The summed E-state index contributed by atoms with van der Waals surface area (Å²) in [7, 11) is -3.46. The van der Waals surface area contributed by atoms with E-state index in [1.807, 2.05) is 23.7 Å². The Hall–Kier alpha value is -4.78. The van der Waals surface area contributed by atoms with Crippen molar-refractivity contribution in [2.24, 2.45) is 0 Å². The molecular weight excluding hydrogens is 922 g/mol. The molecule has 3 aromatic heterocycles. The zero-order valence-corrected chi connectivity index (χ0v) is 41.5. The Morgan fingerprint density at radius 2 is 1.24 bits per heavy atom. The molecule has 66 heavy (non-hydrogen) atoms. The van der Waals surface area contributed by atoms with Crippen molar-refractivity contribution in [2.45, 2.75) is 94.6 Å². The van der Waals surface area contributed by atoms with Crippen LogP contribution in [0.5, 0.6) is 0 Å². The quantitative estimate of drug-likeness (QED) is 0.217. The van der Waals surface area contributed by atoms with E-state index in [-0.39, 0.29) is 39.7 Å². The van der Waals surface area contributed by atoms with E-state index in [2.05, 4.69) is 89.4 Å². The van der Waals surface area contributed by atoms with E-state index < -0.39 is 31.9 Å². The molecule has 1 amide bonds. The predicted molar refractivity (Wildman–Crippen MR) is 267 cm³/mol. The van der Waals surface area contributed by atoms with E-state index in [0.29, 0.717) is 25.9 Å². The molecule has 0 radical (unpaired) electrons. The van der Waals surface area contributed by atoms with Gasteiger partial charge in [-0.25, -0.2) is 37.5 Å². The number of carbonyl (C=O) groups is 1. The molecule has 0 saturated carbocycles. The minimum Gasteiger partial charge on any atom is -1.00 e. The number of ether oxygens (including phenoxy) is 1. The average Bonchev–Trinajstić information content (AvgIpc) is 3.63. The van der Waals surface area contributed by atoms with Crippen molar-refractivity contribution in [3.8, 4) is 0 Å². The lowest BCUT2D eigenvalue weighted by Crippen LogP contribution is -3.00. The lowest BCUT2D eigenvalue weighted by atomic mass is 10.00. The van der Waals surface area contributed by atoms with Crippen LogP contribution < -0.4 is 31.3 Å². The number of rotatable bonds is 6. The molecule has 19 heteroatoms. The summed E-state index contributed by atoms with van der Waals surface area (Å²) in [4.78, 5) is 31.1. The number of aromatic nitrogens is 5. The molecule has 364 valence electrons. The van der Waals surface area contributed by atoms with E-state index in [4.69, 9.17) is 4.74 Å². The van der Waals surface area contributed by atoms with Gasteiger partial charge in [-0.1, -0.05) is 31.0 Å². The van der Waals surface area contributed by atoms with Crippen LogP contribution >= 0.6 is 12.4 Å². The van der Waals surface area contributed by atoms with Crippen molar-refractivity contribution in [1.29, 1.82) is 0 Å². The second kappa shape index (κ2) is 25.4. The summed E-state index contributed by atoms with van der Waals surface area (Å²) in [6, 6.07) is 11.8. The highest BCUT2D eigenvalue weighted by Crippen LogP contribution is 2.29. The van der Waals surface area contributed by atoms with Crippen LogP contribution in [0.3, 0.4) is 0 Å². The number of nitrogens with one attached hydrogen (secondary N) is 2. The Morgan fingerprint density at radius 3 is 1.73 bits per heavy atom. The zero-order chi connectivity index (χ0) is 45.4. The number of amides is 1. The number of aryl methyl sites for hydroxylation is 4. The topological polar surface area (TPSA) is 181 Å². The summed E-state index contributed by atoms with van der Waals surface area (Å²) in [6.07, 6.45) is 14.2. The van der Waals surface area contributed by atoms with Crippen molar-refractivity contribution in [3.63, 3.8) is 0 Å². The Labute approximate surface area is 405 Å². The van der Waals surface area contributed by atoms with Crippen LogP contribution in [0.4, 0.5) is 10.5 Å². The van der Waals surface area contributed by atoms with Gasteiger partial charge in [-0.05, 0) is 145 Å². The number of hydrogen-bond donors (Lipinski definition) is 2. The van der Waals surface area contributed by atoms with E-state index in [0.717, 1.165) is 69.0 Å². The highest BCUT2D eigenvalue weighted by Gasteiger charge is 2.28. The Balaban J connectivity index is 0.000000483. The van der Waals surface area contributed by atoms with Crippen LogP contribution in [0.15, 0.2) is 73.6 Å². The minimum atomic E-state index is -4.00. The molecule has 0 unspecified atom stereocenters. The molecule has 15 nitrogen and oxygen atoms in total. The maximum Gasteiger partial charge on any atom is 0.474 e. The summed E-state index contributed by atoms with van der Waals surface area (Å²) in [5.41, 5.74) is 11.5. The van der Waals surface area contributed by atoms with E-state index in [1.165, 1.54) is 56.2 Å². The van der Waals surface area contributed by atoms with Crippen LogP contribution in [0.25, 0.3) is 33.0 Å². The zero-order valence-electron chi connectivity index (χ0n) is 38.3. The van der Waals surface area contributed by atoms with Gasteiger partial charge in [0.2, 0.25) is 10.0 Å². The number of halogens is 2. The van der Waals surface area contributed by atoms with Crippen molar-refractivity contribution < 1.29 is 42.7 Å². The highest BCUT2D eigenvalue weighted by molar-refractivity contribution is 7.88. The largest absolute Gasteiger partial charge is 1.00 e. The molecule has 0 spiro atoms. The summed E-state index contributed by atoms with van der Waals surface area (Å²) in [5, 5.41) is 5.64. The highest BCUT2D eigenvalue weighted by atomic mass is 35.5. The predicted octanol–water partition coefficient (Wildman–Crippen LogP) is 5.05. The molecule has 5 aromatic rings. The van der Waals surface area contributed by atoms with Gasteiger partial charge in [-0.2, -0.15) is 4.72 Å². The number of benzene rings is 2. The average molecular weight is 991 g/mol. The van der Waals surface area contributed by atoms with Crippen molar-refractivity contribution in [2.75, 3.05) is 51.4 Å². The number of carbonyl (C=O) groups excluding carboxylic acids is 1. The van der Waals surface area contributed by atoms with E-state index in [1.54, 1.807) is 45.6 Å². The van der Waals surface area contributed by atoms with Gasteiger partial charge in [0.05, 0.1) is 28.7 Å². The first-order valence-electron chi connectivity index (χ1n) is 20.6. The fourth-order valence-electron chi connectivity index (χ4n) is 6.87. The van der Waals surface area contributed by atoms with Gasteiger partial charge in [0.15, 0.2) is 12.4 Å². The van der Waals surface area contributed by atoms with Crippen molar-refractivity contribution >= 4 is 77.4 Å². The number of anilines is 1. The lowest BCUT2D eigenvalue weighted by molar-refractivity contribution is -0.512. The molecule has 5 heterocycles. The molecule has 2 aliphatic heterocycles. The summed E-state index contributed by atoms with van der Waals surface area (Å²) in [6.45, 7) is 16.5. The van der Waals surface area contributed by atoms with Gasteiger partial charge < -0.3 is 27.4 Å². The second-order valence-electron chi connectivity index (χ2n) is 16.7. The van der Waals surface area contributed by atoms with Gasteiger partial charge >= 0.3 is 16.3 Å². The molecule has 2 N–H and O–H groups in total. The van der Waals surface area contributed by atoms with Crippen LogP contribution in [-0.4, -0.2) is 99.3 Å². The number of sulfonamides is 1. The standard InChI is InChI=1S/C17H21N3O2S.C16H19N3.C12H19N3O4S.2CH4.2ClH/c1-12-9-15-16(10-13(12)2)18-11-19-17(15)14-5-4-7-20(8-6-14)23(3,21)22;1-11-8-14-15(9-12(11)2)18-10-19-16(14)13-4-3-6-17-7-5-13;1-12(2,3)19-11(16)13-20(17,18)15-8-6-10(7-9-15)14(4)5;;;;/h5,9-11H,4,6-8H2,1-3H3;4,8-10,17H,3,5-7H2,1-2H3;6-9H,1-5H3;2*1H4;2*1H. The fraction of sp³-hybridized carbons (Fsp3) is 0.447. The number of nitrogens with zero attached hydrogens (tertiary/aromatic N) is 7. The van der Waals surface area contributed by atoms with Gasteiger partial charge in [0.1, 0.15) is 18.3 Å². The smallest absolute Gasteiger partial charge is 0.474 e. The lowest BCUT2D eigenvalue weighted by Gasteiger charge is -2.18. The van der Waals surface area contributed by atoms with Crippen molar-refractivity contribution in [1.82, 2.24) is 34.3 Å². The van der Waals surface area contributed by atoms with Crippen LogP contribution in [-0.2, 0) is 25.0 Å². The monoisotopic (exact) mass is 989 g/mol. The van der Waals surface area contributed by atoms with Gasteiger partial charge in [0.25, 0.3) is 0 Å². The molecule has 7 rings (SSSR count). The molecule has 0 bridgehead atoms. The molecule has 0 fully saturated rings. The van der Waals surface area contributed by atoms with Gasteiger partial charge in [-0.15, -0.1) is 20.8 Å². The molecule has 0 aliphatic carbocycles. The Morgan fingerprint density at radius 1 is 0.758 bits per heavy atom. The third-order valence-corrected chi connectivity index (χ3v) is 13.0. The first kappa shape index (κ1) is 59.2. The third kappa shape index (κ3) is 16.2. The minimum absolute atomic E-state index is 0. The molecule has 2 aromatic carbocycles. The van der Waals surface area contributed by atoms with E-state index in [9.17, 15) is 21.6 Å². The number of pyridine rings is 1. The van der Waals surface area contributed by atoms with Crippen molar-refractivity contribution in [3.05, 3.63) is 107 Å². The normalized spacial score (nSPS) is 14.2. The SMILES string of the molecule is C.C.CN(C)c1cc[n+](S(=O)(=O)NC(=O)OC(C)(C)C)cc1.Cc1cc2ncnc(C3=CCCN(S(C)(=O)=O)CC3)c2cc1C.Cc1cc2ncnc(C3=CCCNCC3)c2cc1C.Cl.[Cl-]. The van der Waals surface area contributed by atoms with Crippen LogP contribution in [0.2, 0.25) is 0 Å². The van der Waals surface area contributed by atoms with E-state index >= 15 is 0 Å². The first-order valence-corrected chi connectivity index (χ1v) is 23.9. The maximum absolute atomic E-state index is 11.9. The maximum atomic E-state index is 11.9.